The molecule has 1 heterocycles. The van der Waals surface area contributed by atoms with Crippen molar-refractivity contribution in [2.75, 3.05) is 25.0 Å². The highest BCUT2D eigenvalue weighted by Gasteiger charge is 2.19. The van der Waals surface area contributed by atoms with Crippen molar-refractivity contribution in [3.8, 4) is 0 Å². The van der Waals surface area contributed by atoms with E-state index < -0.39 is 4.92 Å². The molecule has 1 aromatic rings. The molecule has 1 fully saturated rings. The van der Waals surface area contributed by atoms with E-state index >= 15 is 0 Å². The standard InChI is InChI=1S/C14H19N3O3/c1-11-6-5-7-12(14(11)17(19)20)15-10-13(18)16-8-3-2-4-9-16/h5-7,15H,2-4,8-10H2,1H3. The van der Waals surface area contributed by atoms with E-state index in [4.69, 9.17) is 0 Å². The van der Waals surface area contributed by atoms with Gasteiger partial charge in [-0.15, -0.1) is 0 Å². The Balaban J connectivity index is 2.02. The molecular weight excluding hydrogens is 258 g/mol. The fourth-order valence-corrected chi connectivity index (χ4v) is 2.47. The second-order valence-corrected chi connectivity index (χ2v) is 5.02. The van der Waals surface area contributed by atoms with Crippen LogP contribution < -0.4 is 5.32 Å². The molecule has 0 unspecified atom stereocenters. The molecule has 0 radical (unpaired) electrons. The van der Waals surface area contributed by atoms with Gasteiger partial charge in [-0.1, -0.05) is 12.1 Å². The van der Waals surface area contributed by atoms with E-state index in [9.17, 15) is 14.9 Å². The number of hydrogen-bond donors (Lipinski definition) is 1. The zero-order valence-corrected chi connectivity index (χ0v) is 11.6. The number of anilines is 1. The van der Waals surface area contributed by atoms with Gasteiger partial charge in [0.1, 0.15) is 5.69 Å². The predicted octanol–water partition coefficient (Wildman–Crippen LogP) is 2.33. The van der Waals surface area contributed by atoms with E-state index in [1.165, 1.54) is 6.42 Å². The van der Waals surface area contributed by atoms with Crippen LogP contribution in [-0.4, -0.2) is 35.4 Å². The highest BCUT2D eigenvalue weighted by molar-refractivity contribution is 5.82. The predicted molar refractivity (Wildman–Crippen MR) is 76.8 cm³/mol. The normalized spacial score (nSPS) is 14.9. The molecule has 0 atom stereocenters. The summed E-state index contributed by atoms with van der Waals surface area (Å²) in [4.78, 5) is 24.5. The van der Waals surface area contributed by atoms with Crippen LogP contribution in [0.15, 0.2) is 18.2 Å². The number of piperidine rings is 1. The first-order valence-corrected chi connectivity index (χ1v) is 6.85. The minimum atomic E-state index is -0.414. The zero-order valence-electron chi connectivity index (χ0n) is 11.6. The van der Waals surface area contributed by atoms with Crippen molar-refractivity contribution in [2.45, 2.75) is 26.2 Å². The first kappa shape index (κ1) is 14.3. The number of nitro benzene ring substituents is 1. The number of para-hydroxylation sites is 1. The molecular formula is C14H19N3O3. The summed E-state index contributed by atoms with van der Waals surface area (Å²) in [5.41, 5.74) is 1.03. The Labute approximate surface area is 117 Å². The number of aryl methyl sites for hydroxylation is 1. The van der Waals surface area contributed by atoms with Gasteiger partial charge >= 0.3 is 0 Å². The summed E-state index contributed by atoms with van der Waals surface area (Å²) < 4.78 is 0. The Morgan fingerprint density at radius 3 is 2.70 bits per heavy atom. The molecule has 1 aliphatic rings. The summed E-state index contributed by atoms with van der Waals surface area (Å²) in [6.45, 7) is 3.37. The van der Waals surface area contributed by atoms with Gasteiger partial charge in [-0.3, -0.25) is 14.9 Å². The van der Waals surface area contributed by atoms with E-state index in [0.29, 0.717) is 11.3 Å². The number of rotatable bonds is 4. The lowest BCUT2D eigenvalue weighted by Crippen LogP contribution is -2.39. The number of carbonyl (C=O) groups excluding carboxylic acids is 1. The fourth-order valence-electron chi connectivity index (χ4n) is 2.47. The number of likely N-dealkylation sites (tertiary alicyclic amines) is 1. The van der Waals surface area contributed by atoms with Crippen LogP contribution in [-0.2, 0) is 4.79 Å². The van der Waals surface area contributed by atoms with Crippen molar-refractivity contribution in [3.63, 3.8) is 0 Å². The summed E-state index contributed by atoms with van der Waals surface area (Å²) >= 11 is 0. The maximum absolute atomic E-state index is 12.0. The van der Waals surface area contributed by atoms with Crippen LogP contribution in [0.5, 0.6) is 0 Å². The molecule has 0 aliphatic carbocycles. The van der Waals surface area contributed by atoms with Gasteiger partial charge in [0.25, 0.3) is 5.69 Å². The minimum Gasteiger partial charge on any atom is -0.371 e. The van der Waals surface area contributed by atoms with Crippen molar-refractivity contribution in [1.82, 2.24) is 4.90 Å². The first-order chi connectivity index (χ1) is 9.59. The smallest absolute Gasteiger partial charge is 0.295 e. The topological polar surface area (TPSA) is 75.5 Å². The Morgan fingerprint density at radius 2 is 2.05 bits per heavy atom. The number of nitrogens with one attached hydrogen (secondary N) is 1. The van der Waals surface area contributed by atoms with E-state index in [1.807, 2.05) is 4.90 Å². The molecule has 0 spiro atoms. The van der Waals surface area contributed by atoms with Gasteiger partial charge in [0, 0.05) is 18.7 Å². The number of hydrogen-bond acceptors (Lipinski definition) is 4. The second kappa shape index (κ2) is 6.36. The average Bonchev–Trinajstić information content (AvgIpc) is 2.45. The molecule has 20 heavy (non-hydrogen) atoms. The molecule has 0 bridgehead atoms. The zero-order chi connectivity index (χ0) is 14.5. The fraction of sp³-hybridized carbons (Fsp3) is 0.500. The summed E-state index contributed by atoms with van der Waals surface area (Å²) in [6, 6.07) is 5.07. The van der Waals surface area contributed by atoms with Crippen LogP contribution in [0.4, 0.5) is 11.4 Å². The van der Waals surface area contributed by atoms with E-state index in [1.54, 1.807) is 25.1 Å². The Morgan fingerprint density at radius 1 is 1.35 bits per heavy atom. The van der Waals surface area contributed by atoms with Crippen molar-refractivity contribution < 1.29 is 9.72 Å². The summed E-state index contributed by atoms with van der Waals surface area (Å²) in [5, 5.41) is 14.0. The molecule has 1 amide bonds. The third-order valence-electron chi connectivity index (χ3n) is 3.56. The number of nitrogens with zero attached hydrogens (tertiary/aromatic N) is 2. The molecule has 6 nitrogen and oxygen atoms in total. The monoisotopic (exact) mass is 277 g/mol. The van der Waals surface area contributed by atoms with Crippen LogP contribution in [0, 0.1) is 17.0 Å². The van der Waals surface area contributed by atoms with Crippen molar-refractivity contribution >= 4 is 17.3 Å². The third kappa shape index (κ3) is 3.26. The SMILES string of the molecule is Cc1cccc(NCC(=O)N2CCCCC2)c1[N+](=O)[O-]. The summed E-state index contributed by atoms with van der Waals surface area (Å²) in [5.74, 6) is 0.000467. The maximum atomic E-state index is 12.0. The summed E-state index contributed by atoms with van der Waals surface area (Å²) in [7, 11) is 0. The molecule has 108 valence electrons. The molecule has 1 saturated heterocycles. The van der Waals surface area contributed by atoms with Crippen molar-refractivity contribution in [3.05, 3.63) is 33.9 Å². The number of amides is 1. The van der Waals surface area contributed by atoms with Gasteiger partial charge < -0.3 is 10.2 Å². The number of carbonyl (C=O) groups is 1. The second-order valence-electron chi connectivity index (χ2n) is 5.02. The Kier molecular flexibility index (Phi) is 4.55. The molecule has 1 N–H and O–H groups in total. The first-order valence-electron chi connectivity index (χ1n) is 6.85. The lowest BCUT2D eigenvalue weighted by atomic mass is 10.1. The van der Waals surface area contributed by atoms with Gasteiger partial charge in [0.05, 0.1) is 11.5 Å². The maximum Gasteiger partial charge on any atom is 0.295 e. The van der Waals surface area contributed by atoms with Gasteiger partial charge in [-0.2, -0.15) is 0 Å². The Bertz CT molecular complexity index is 510. The van der Waals surface area contributed by atoms with Gasteiger partial charge in [0.15, 0.2) is 0 Å². The highest BCUT2D eigenvalue weighted by Crippen LogP contribution is 2.27. The van der Waals surface area contributed by atoms with E-state index in [-0.39, 0.29) is 18.1 Å². The van der Waals surface area contributed by atoms with Crippen LogP contribution in [0.2, 0.25) is 0 Å². The van der Waals surface area contributed by atoms with Gasteiger partial charge in [0.2, 0.25) is 5.91 Å². The van der Waals surface area contributed by atoms with Crippen LogP contribution >= 0.6 is 0 Å². The molecule has 2 rings (SSSR count). The number of nitro groups is 1. The lowest BCUT2D eigenvalue weighted by molar-refractivity contribution is -0.384. The molecule has 6 heteroatoms. The molecule has 0 aromatic heterocycles. The van der Waals surface area contributed by atoms with Gasteiger partial charge in [-0.25, -0.2) is 0 Å². The van der Waals surface area contributed by atoms with Crippen LogP contribution in [0.25, 0.3) is 0 Å². The van der Waals surface area contributed by atoms with Crippen LogP contribution in [0.3, 0.4) is 0 Å². The molecule has 0 saturated carbocycles. The third-order valence-corrected chi connectivity index (χ3v) is 3.56. The Hall–Kier alpha value is -2.11. The average molecular weight is 277 g/mol. The van der Waals surface area contributed by atoms with Crippen molar-refractivity contribution in [2.24, 2.45) is 0 Å². The minimum absolute atomic E-state index is 0.000467. The number of benzene rings is 1. The molecule has 1 aromatic carbocycles. The largest absolute Gasteiger partial charge is 0.371 e. The summed E-state index contributed by atoms with van der Waals surface area (Å²) in [6.07, 6.45) is 3.24. The van der Waals surface area contributed by atoms with Crippen molar-refractivity contribution in [1.29, 1.82) is 0 Å². The van der Waals surface area contributed by atoms with E-state index in [2.05, 4.69) is 5.32 Å². The van der Waals surface area contributed by atoms with Crippen LogP contribution in [0.1, 0.15) is 24.8 Å². The highest BCUT2D eigenvalue weighted by atomic mass is 16.6. The lowest BCUT2D eigenvalue weighted by Gasteiger charge is -2.26. The molecule has 1 aliphatic heterocycles. The quantitative estimate of drug-likeness (QED) is 0.677. The van der Waals surface area contributed by atoms with Gasteiger partial charge in [-0.05, 0) is 32.3 Å². The van der Waals surface area contributed by atoms with E-state index in [0.717, 1.165) is 25.9 Å².